The van der Waals surface area contributed by atoms with Crippen molar-refractivity contribution in [2.24, 2.45) is 0 Å². The van der Waals surface area contributed by atoms with E-state index in [0.717, 1.165) is 5.56 Å². The van der Waals surface area contributed by atoms with Crippen LogP contribution >= 0.6 is 0 Å². The number of benzene rings is 1. The lowest BCUT2D eigenvalue weighted by atomic mass is 10.0. The Balaban J connectivity index is 2.69. The Morgan fingerprint density at radius 3 is 2.16 bits per heavy atom. The molecular formula is C13H19NO4S. The monoisotopic (exact) mass is 285 g/mol. The van der Waals surface area contributed by atoms with Crippen LogP contribution in [0.25, 0.3) is 0 Å². The van der Waals surface area contributed by atoms with E-state index in [1.54, 1.807) is 26.0 Å². The van der Waals surface area contributed by atoms with Crippen molar-refractivity contribution in [3.05, 3.63) is 35.4 Å². The van der Waals surface area contributed by atoms with Crippen LogP contribution in [0.4, 0.5) is 0 Å². The SMILES string of the molecule is CC(CNS(=O)(=O)C(C)C)c1ccc(C(=O)O)cc1. The first-order chi connectivity index (χ1) is 8.74. The molecule has 0 fully saturated rings. The van der Waals surface area contributed by atoms with Gasteiger partial charge in [0.05, 0.1) is 10.8 Å². The molecule has 1 unspecified atom stereocenters. The summed E-state index contributed by atoms with van der Waals surface area (Å²) >= 11 is 0. The van der Waals surface area contributed by atoms with Crippen molar-refractivity contribution in [3.8, 4) is 0 Å². The molecule has 0 aliphatic heterocycles. The van der Waals surface area contributed by atoms with Gasteiger partial charge in [-0.05, 0) is 37.5 Å². The van der Waals surface area contributed by atoms with Crippen molar-refractivity contribution in [2.45, 2.75) is 31.9 Å². The highest BCUT2D eigenvalue weighted by Crippen LogP contribution is 2.15. The number of rotatable bonds is 6. The van der Waals surface area contributed by atoms with Gasteiger partial charge in [0.15, 0.2) is 0 Å². The molecule has 1 aromatic carbocycles. The number of carboxylic acid groups (broad SMARTS) is 1. The summed E-state index contributed by atoms with van der Waals surface area (Å²) in [6.07, 6.45) is 0. The molecule has 1 aromatic rings. The highest BCUT2D eigenvalue weighted by Gasteiger charge is 2.17. The molecule has 0 radical (unpaired) electrons. The van der Waals surface area contributed by atoms with Crippen LogP contribution in [0, 0.1) is 0 Å². The smallest absolute Gasteiger partial charge is 0.335 e. The van der Waals surface area contributed by atoms with Gasteiger partial charge in [0.2, 0.25) is 10.0 Å². The van der Waals surface area contributed by atoms with E-state index in [2.05, 4.69) is 4.72 Å². The van der Waals surface area contributed by atoms with Gasteiger partial charge in [0.1, 0.15) is 0 Å². The van der Waals surface area contributed by atoms with Gasteiger partial charge in [-0.25, -0.2) is 17.9 Å². The number of hydrogen-bond donors (Lipinski definition) is 2. The molecule has 19 heavy (non-hydrogen) atoms. The lowest BCUT2D eigenvalue weighted by molar-refractivity contribution is 0.0697. The first-order valence-corrected chi connectivity index (χ1v) is 7.60. The van der Waals surface area contributed by atoms with E-state index in [1.165, 1.54) is 12.1 Å². The first kappa shape index (κ1) is 15.7. The Morgan fingerprint density at radius 2 is 1.74 bits per heavy atom. The topological polar surface area (TPSA) is 83.5 Å². The Labute approximate surface area is 113 Å². The van der Waals surface area contributed by atoms with E-state index in [1.807, 2.05) is 6.92 Å². The van der Waals surface area contributed by atoms with Crippen LogP contribution in [-0.4, -0.2) is 31.3 Å². The summed E-state index contributed by atoms with van der Waals surface area (Å²) in [5.41, 5.74) is 1.12. The summed E-state index contributed by atoms with van der Waals surface area (Å²) in [7, 11) is -3.27. The third-order valence-electron chi connectivity index (χ3n) is 2.94. The average molecular weight is 285 g/mol. The molecule has 0 heterocycles. The molecule has 5 nitrogen and oxygen atoms in total. The number of carboxylic acids is 1. The third-order valence-corrected chi connectivity index (χ3v) is 4.75. The van der Waals surface area contributed by atoms with E-state index < -0.39 is 21.2 Å². The molecule has 6 heteroatoms. The van der Waals surface area contributed by atoms with Gasteiger partial charge in [-0.1, -0.05) is 19.1 Å². The second-order valence-corrected chi connectivity index (χ2v) is 7.09. The molecule has 1 atom stereocenters. The summed E-state index contributed by atoms with van der Waals surface area (Å²) in [4.78, 5) is 10.7. The first-order valence-electron chi connectivity index (χ1n) is 6.05. The summed E-state index contributed by atoms with van der Waals surface area (Å²) in [6.45, 7) is 5.43. The zero-order valence-corrected chi connectivity index (χ0v) is 12.1. The van der Waals surface area contributed by atoms with Crippen LogP contribution in [0.5, 0.6) is 0 Å². The molecule has 0 saturated carbocycles. The molecule has 0 aromatic heterocycles. The molecule has 0 aliphatic carbocycles. The van der Waals surface area contributed by atoms with Gasteiger partial charge in [0.25, 0.3) is 0 Å². The van der Waals surface area contributed by atoms with E-state index in [0.29, 0.717) is 6.54 Å². The molecule has 0 spiro atoms. The van der Waals surface area contributed by atoms with Crippen LogP contribution < -0.4 is 4.72 Å². The Kier molecular flexibility index (Phi) is 5.08. The van der Waals surface area contributed by atoms with Gasteiger partial charge in [-0.2, -0.15) is 0 Å². The molecule has 0 aliphatic rings. The molecule has 0 saturated heterocycles. The van der Waals surface area contributed by atoms with Gasteiger partial charge in [-0.15, -0.1) is 0 Å². The molecule has 0 bridgehead atoms. The summed E-state index contributed by atoms with van der Waals surface area (Å²) in [6, 6.07) is 6.45. The summed E-state index contributed by atoms with van der Waals surface area (Å²) < 4.78 is 25.8. The minimum Gasteiger partial charge on any atom is -0.478 e. The van der Waals surface area contributed by atoms with Crippen LogP contribution in [0.3, 0.4) is 0 Å². The zero-order valence-electron chi connectivity index (χ0n) is 11.3. The summed E-state index contributed by atoms with van der Waals surface area (Å²) in [5, 5.41) is 8.33. The number of aromatic carboxylic acids is 1. The predicted octanol–water partition coefficient (Wildman–Crippen LogP) is 1.82. The van der Waals surface area contributed by atoms with Crippen molar-refractivity contribution < 1.29 is 18.3 Å². The van der Waals surface area contributed by atoms with Gasteiger partial charge >= 0.3 is 5.97 Å². The fourth-order valence-electron chi connectivity index (χ4n) is 1.48. The van der Waals surface area contributed by atoms with Crippen molar-refractivity contribution in [3.63, 3.8) is 0 Å². The van der Waals surface area contributed by atoms with E-state index in [-0.39, 0.29) is 11.5 Å². The fraction of sp³-hybridized carbons (Fsp3) is 0.462. The number of nitrogens with one attached hydrogen (secondary N) is 1. The third kappa shape index (κ3) is 4.33. The predicted molar refractivity (Wildman–Crippen MR) is 73.9 cm³/mol. The maximum Gasteiger partial charge on any atom is 0.335 e. The van der Waals surface area contributed by atoms with Gasteiger partial charge < -0.3 is 5.11 Å². The van der Waals surface area contributed by atoms with Crippen LogP contribution in [0.15, 0.2) is 24.3 Å². The molecule has 0 amide bonds. The van der Waals surface area contributed by atoms with Crippen LogP contribution in [0.1, 0.15) is 42.6 Å². The highest BCUT2D eigenvalue weighted by molar-refractivity contribution is 7.90. The standard InChI is InChI=1S/C13H19NO4S/c1-9(2)19(17,18)14-8-10(3)11-4-6-12(7-5-11)13(15)16/h4-7,9-10,14H,8H2,1-3H3,(H,15,16). The second-order valence-electron chi connectivity index (χ2n) is 4.77. The minimum absolute atomic E-state index is 0.0173. The van der Waals surface area contributed by atoms with E-state index in [4.69, 9.17) is 5.11 Å². The van der Waals surface area contributed by atoms with Crippen molar-refractivity contribution in [1.29, 1.82) is 0 Å². The molecular weight excluding hydrogens is 266 g/mol. The number of sulfonamides is 1. The Morgan fingerprint density at radius 1 is 1.21 bits per heavy atom. The summed E-state index contributed by atoms with van der Waals surface area (Å²) in [5.74, 6) is -0.990. The van der Waals surface area contributed by atoms with Gasteiger partial charge in [-0.3, -0.25) is 0 Å². The highest BCUT2D eigenvalue weighted by atomic mass is 32.2. The lowest BCUT2D eigenvalue weighted by Gasteiger charge is -2.15. The maximum absolute atomic E-state index is 11.6. The molecule has 1 rings (SSSR count). The average Bonchev–Trinajstić information content (AvgIpc) is 2.36. The zero-order chi connectivity index (χ0) is 14.6. The quantitative estimate of drug-likeness (QED) is 0.835. The van der Waals surface area contributed by atoms with Crippen LogP contribution in [-0.2, 0) is 10.0 Å². The molecule has 106 valence electrons. The Bertz CT molecular complexity index is 534. The molecule has 2 N–H and O–H groups in total. The van der Waals surface area contributed by atoms with Crippen molar-refractivity contribution >= 4 is 16.0 Å². The largest absolute Gasteiger partial charge is 0.478 e. The second kappa shape index (κ2) is 6.16. The fourth-order valence-corrected chi connectivity index (χ4v) is 2.30. The van der Waals surface area contributed by atoms with Crippen molar-refractivity contribution in [2.75, 3.05) is 6.54 Å². The van der Waals surface area contributed by atoms with Gasteiger partial charge in [0, 0.05) is 6.54 Å². The van der Waals surface area contributed by atoms with E-state index >= 15 is 0 Å². The Hall–Kier alpha value is -1.40. The van der Waals surface area contributed by atoms with Crippen molar-refractivity contribution in [1.82, 2.24) is 4.72 Å². The normalized spacial score (nSPS) is 13.5. The minimum atomic E-state index is -3.27. The van der Waals surface area contributed by atoms with Crippen LogP contribution in [0.2, 0.25) is 0 Å². The number of carbonyl (C=O) groups is 1. The van der Waals surface area contributed by atoms with E-state index in [9.17, 15) is 13.2 Å². The maximum atomic E-state index is 11.6. The number of hydrogen-bond acceptors (Lipinski definition) is 3. The lowest BCUT2D eigenvalue weighted by Crippen LogP contribution is -2.33.